The molecule has 2 aromatic carbocycles. The normalized spacial score (nSPS) is 10.7. The number of anilines is 1. The van der Waals surface area contributed by atoms with Crippen LogP contribution < -0.4 is 31.6 Å². The summed E-state index contributed by atoms with van der Waals surface area (Å²) in [5.41, 5.74) is 5.13. The summed E-state index contributed by atoms with van der Waals surface area (Å²) in [5, 5.41) is 3.02. The molecule has 0 unspecified atom stereocenters. The fourth-order valence-corrected chi connectivity index (χ4v) is 5.33. The van der Waals surface area contributed by atoms with Crippen molar-refractivity contribution in [3.63, 3.8) is 0 Å². The summed E-state index contributed by atoms with van der Waals surface area (Å²) in [5.74, 6) is 0.836. The number of aromatic nitrogens is 1. The molecule has 0 fully saturated rings. The van der Waals surface area contributed by atoms with Crippen LogP contribution in [0.2, 0.25) is 0 Å². The number of hydrogen-bond acceptors (Lipinski definition) is 3. The molecule has 0 aliphatic carbocycles. The topological polar surface area (TPSA) is 42.2 Å². The second-order valence-corrected chi connectivity index (χ2v) is 11.5. The van der Waals surface area contributed by atoms with Gasteiger partial charge in [0.15, 0.2) is 12.7 Å². The van der Waals surface area contributed by atoms with Crippen LogP contribution in [0, 0.1) is 6.92 Å². The Labute approximate surface area is 251 Å². The van der Waals surface area contributed by atoms with Gasteiger partial charge in [0.2, 0.25) is 11.4 Å². The third kappa shape index (κ3) is 14.1. The van der Waals surface area contributed by atoms with E-state index < -0.39 is 0 Å². The fourth-order valence-electron chi connectivity index (χ4n) is 4.70. The van der Waals surface area contributed by atoms with Crippen molar-refractivity contribution in [2.24, 2.45) is 0 Å². The van der Waals surface area contributed by atoms with Gasteiger partial charge in [0.05, 0.1) is 17.9 Å². The van der Waals surface area contributed by atoms with Crippen LogP contribution in [0.1, 0.15) is 100.0 Å². The molecule has 0 spiro atoms. The van der Waals surface area contributed by atoms with E-state index in [-0.39, 0.29) is 22.9 Å². The minimum absolute atomic E-state index is 0. The first-order valence-corrected chi connectivity index (χ1v) is 15.5. The van der Waals surface area contributed by atoms with Gasteiger partial charge in [-0.3, -0.25) is 4.79 Å². The van der Waals surface area contributed by atoms with Gasteiger partial charge in [0.1, 0.15) is 5.75 Å². The van der Waals surface area contributed by atoms with Crippen LogP contribution in [0.15, 0.2) is 60.2 Å². The molecule has 0 aliphatic rings. The Hall–Kier alpha value is -2.18. The predicted molar refractivity (Wildman–Crippen MR) is 160 cm³/mol. The Kier molecular flexibility index (Phi) is 16.8. The van der Waals surface area contributed by atoms with Gasteiger partial charge in [-0.2, -0.15) is 4.57 Å². The first kappa shape index (κ1) is 33.0. The van der Waals surface area contributed by atoms with Gasteiger partial charge in [-0.15, -0.1) is 0 Å². The van der Waals surface area contributed by atoms with E-state index in [2.05, 4.69) is 47.6 Å². The Morgan fingerprint density at radius 3 is 2.10 bits per heavy atom. The summed E-state index contributed by atoms with van der Waals surface area (Å²) in [6, 6.07) is 16.0. The standard InChI is InChI=1S/C33H46N2O2S.BrH/c1-3-4-5-6-7-8-9-10-11-12-13-14-22-37-32-17-15-16-30(23-32)24-33(36)34-31-20-18-29(19-21-31)26-35-25-28(2)38-27-35;/h15-21,23,25,27H,3-14,22,24,26H2,1-2H3;1H. The average Bonchev–Trinajstić information content (AvgIpc) is 3.32. The molecule has 1 N–H and O–H groups in total. The van der Waals surface area contributed by atoms with E-state index in [1.54, 1.807) is 11.3 Å². The van der Waals surface area contributed by atoms with Crippen molar-refractivity contribution in [3.05, 3.63) is 76.2 Å². The van der Waals surface area contributed by atoms with Crippen LogP contribution in [0.25, 0.3) is 0 Å². The van der Waals surface area contributed by atoms with Crippen molar-refractivity contribution in [1.29, 1.82) is 0 Å². The van der Waals surface area contributed by atoms with Gasteiger partial charge in [-0.1, -0.05) is 113 Å². The molecule has 4 nitrogen and oxygen atoms in total. The first-order valence-electron chi connectivity index (χ1n) is 14.7. The summed E-state index contributed by atoms with van der Waals surface area (Å²) in [6.45, 7) is 5.97. The molecule has 0 atom stereocenters. The van der Waals surface area contributed by atoms with Gasteiger partial charge in [0, 0.05) is 11.3 Å². The van der Waals surface area contributed by atoms with Crippen molar-refractivity contribution in [2.75, 3.05) is 11.9 Å². The summed E-state index contributed by atoms with van der Waals surface area (Å²) >= 11 is 1.75. The molecule has 0 bridgehead atoms. The van der Waals surface area contributed by atoms with E-state index in [1.807, 2.05) is 36.4 Å². The molecule has 0 radical (unpaired) electrons. The van der Waals surface area contributed by atoms with E-state index in [9.17, 15) is 4.79 Å². The summed E-state index contributed by atoms with van der Waals surface area (Å²) in [7, 11) is 0. The SMILES string of the molecule is CCCCCCCCCCCCCCOc1cccc(CC(=O)Nc2ccc(C[n+]3csc(C)c3)cc2)c1.[Br-]. The van der Waals surface area contributed by atoms with E-state index >= 15 is 0 Å². The highest BCUT2D eigenvalue weighted by molar-refractivity contribution is 7.09. The molecule has 1 aromatic heterocycles. The van der Waals surface area contributed by atoms with Gasteiger partial charge < -0.3 is 27.0 Å². The molecule has 0 aliphatic heterocycles. The number of benzene rings is 2. The third-order valence-electron chi connectivity index (χ3n) is 6.85. The van der Waals surface area contributed by atoms with Crippen LogP contribution >= 0.6 is 11.3 Å². The van der Waals surface area contributed by atoms with Crippen LogP contribution in [0.4, 0.5) is 5.69 Å². The van der Waals surface area contributed by atoms with Crippen LogP contribution in [-0.4, -0.2) is 12.5 Å². The number of nitrogens with one attached hydrogen (secondary N) is 1. The highest BCUT2D eigenvalue weighted by Gasteiger charge is 2.08. The first-order chi connectivity index (χ1) is 18.6. The number of thiazole rings is 1. The maximum Gasteiger partial charge on any atom is 0.228 e. The smallest absolute Gasteiger partial charge is 0.228 e. The number of hydrogen-bond donors (Lipinski definition) is 1. The molecule has 39 heavy (non-hydrogen) atoms. The molecule has 1 amide bonds. The predicted octanol–water partition coefficient (Wildman–Crippen LogP) is 5.66. The lowest BCUT2D eigenvalue weighted by Crippen LogP contribution is -3.00. The zero-order valence-electron chi connectivity index (χ0n) is 23.9. The zero-order valence-corrected chi connectivity index (χ0v) is 26.3. The van der Waals surface area contributed by atoms with Gasteiger partial charge >= 0.3 is 0 Å². The molecular weight excluding hydrogens is 568 g/mol. The quantitative estimate of drug-likeness (QED) is 0.140. The zero-order chi connectivity index (χ0) is 26.8. The number of unbranched alkanes of at least 4 members (excludes halogenated alkanes) is 11. The van der Waals surface area contributed by atoms with Gasteiger partial charge in [0.25, 0.3) is 0 Å². The molecule has 0 saturated heterocycles. The summed E-state index contributed by atoms with van der Waals surface area (Å²) in [4.78, 5) is 13.9. The third-order valence-corrected chi connectivity index (χ3v) is 7.71. The number of halogens is 1. The number of carbonyl (C=O) groups is 1. The van der Waals surface area contributed by atoms with Crippen LogP contribution in [0.5, 0.6) is 5.75 Å². The maximum absolute atomic E-state index is 12.6. The van der Waals surface area contributed by atoms with Crippen molar-refractivity contribution >= 4 is 22.9 Å². The van der Waals surface area contributed by atoms with Gasteiger partial charge in [-0.05, 0) is 43.2 Å². The summed E-state index contributed by atoms with van der Waals surface area (Å²) < 4.78 is 8.15. The lowest BCUT2D eigenvalue weighted by molar-refractivity contribution is -0.683. The number of aryl methyl sites for hydroxylation is 1. The lowest BCUT2D eigenvalue weighted by atomic mass is 10.1. The molecule has 214 valence electrons. The lowest BCUT2D eigenvalue weighted by Gasteiger charge is -2.09. The van der Waals surface area contributed by atoms with Crippen LogP contribution in [-0.2, 0) is 17.8 Å². The highest BCUT2D eigenvalue weighted by Crippen LogP contribution is 2.17. The maximum atomic E-state index is 12.6. The Bertz CT molecular complexity index is 1070. The van der Waals surface area contributed by atoms with Crippen molar-refractivity contribution in [2.45, 2.75) is 104 Å². The minimum atomic E-state index is -0.0151. The largest absolute Gasteiger partial charge is 1.00 e. The molecule has 6 heteroatoms. The number of carbonyl (C=O) groups excluding carboxylic acids is 1. The second kappa shape index (κ2) is 19.8. The molecule has 3 aromatic rings. The number of rotatable bonds is 19. The monoisotopic (exact) mass is 614 g/mol. The number of ether oxygens (including phenoxy) is 1. The fraction of sp³-hybridized carbons (Fsp3) is 0.515. The molecule has 3 rings (SSSR count). The highest BCUT2D eigenvalue weighted by atomic mass is 79.9. The number of nitrogens with zero attached hydrogens (tertiary/aromatic N) is 1. The van der Waals surface area contributed by atoms with E-state index in [0.29, 0.717) is 6.42 Å². The van der Waals surface area contributed by atoms with Crippen molar-refractivity contribution in [1.82, 2.24) is 0 Å². The second-order valence-electron chi connectivity index (χ2n) is 10.4. The van der Waals surface area contributed by atoms with E-state index in [0.717, 1.165) is 36.6 Å². The minimum Gasteiger partial charge on any atom is -1.00 e. The summed E-state index contributed by atoms with van der Waals surface area (Å²) in [6.07, 6.45) is 18.6. The van der Waals surface area contributed by atoms with Crippen LogP contribution in [0.3, 0.4) is 0 Å². The van der Waals surface area contributed by atoms with E-state index in [4.69, 9.17) is 4.74 Å². The number of amides is 1. The molecular formula is C33H47BrN2O2S. The Balaban J connectivity index is 0.00000533. The molecule has 1 heterocycles. The average molecular weight is 616 g/mol. The van der Waals surface area contributed by atoms with Crippen molar-refractivity contribution in [3.8, 4) is 5.75 Å². The van der Waals surface area contributed by atoms with Crippen molar-refractivity contribution < 1.29 is 31.1 Å². The Morgan fingerprint density at radius 2 is 1.49 bits per heavy atom. The van der Waals surface area contributed by atoms with E-state index in [1.165, 1.54) is 81.1 Å². The van der Waals surface area contributed by atoms with Gasteiger partial charge in [-0.25, -0.2) is 0 Å². The Morgan fingerprint density at radius 1 is 0.846 bits per heavy atom. The molecule has 0 saturated carbocycles.